The number of rotatable bonds is 12. The summed E-state index contributed by atoms with van der Waals surface area (Å²) in [6, 6.07) is 3.46. The molecule has 0 aromatic heterocycles. The zero-order valence-electron chi connectivity index (χ0n) is 14.9. The molecule has 0 spiro atoms. The van der Waals surface area contributed by atoms with Crippen LogP contribution in [-0.4, -0.2) is 15.6 Å². The number of nitrogens with zero attached hydrogens (tertiary/aromatic N) is 3. The number of nitrogens with one attached hydrogen (secondary N) is 1. The van der Waals surface area contributed by atoms with E-state index in [1.807, 2.05) is 6.92 Å². The number of anilines is 1. The van der Waals surface area contributed by atoms with E-state index in [-0.39, 0.29) is 17.1 Å². The van der Waals surface area contributed by atoms with E-state index in [1.165, 1.54) is 44.2 Å². The van der Waals surface area contributed by atoms with Gasteiger partial charge in [-0.15, -0.1) is 0 Å². The van der Waals surface area contributed by atoms with Gasteiger partial charge in [0, 0.05) is 11.8 Å². The molecule has 0 aliphatic heterocycles. The van der Waals surface area contributed by atoms with E-state index in [9.17, 15) is 20.2 Å². The van der Waals surface area contributed by atoms with Gasteiger partial charge in [0.2, 0.25) is 0 Å². The molecule has 0 amide bonds. The first kappa shape index (κ1) is 20.5. The van der Waals surface area contributed by atoms with Crippen molar-refractivity contribution in [2.24, 2.45) is 5.10 Å². The molecule has 1 aromatic carbocycles. The molecule has 8 heteroatoms. The number of hydrazone groups is 1. The number of hydrogen-bond acceptors (Lipinski definition) is 6. The van der Waals surface area contributed by atoms with Crippen LogP contribution in [-0.2, 0) is 0 Å². The maximum Gasteiger partial charge on any atom is 0.301 e. The van der Waals surface area contributed by atoms with Gasteiger partial charge in [-0.3, -0.25) is 25.7 Å². The van der Waals surface area contributed by atoms with Gasteiger partial charge in [0.1, 0.15) is 5.69 Å². The van der Waals surface area contributed by atoms with Crippen molar-refractivity contribution in [3.05, 3.63) is 38.4 Å². The van der Waals surface area contributed by atoms with E-state index in [0.29, 0.717) is 0 Å². The highest BCUT2D eigenvalue weighted by Gasteiger charge is 2.19. The van der Waals surface area contributed by atoms with Crippen LogP contribution < -0.4 is 5.43 Å². The number of non-ortho nitro benzene ring substituents is 1. The molecule has 1 aromatic rings. The van der Waals surface area contributed by atoms with E-state index in [2.05, 4.69) is 17.5 Å². The Balaban J connectivity index is 2.51. The Hall–Kier alpha value is -2.51. The van der Waals surface area contributed by atoms with Gasteiger partial charge in [-0.05, 0) is 25.8 Å². The fourth-order valence-electron chi connectivity index (χ4n) is 2.43. The molecule has 1 rings (SSSR count). The third-order valence-corrected chi connectivity index (χ3v) is 3.90. The number of unbranched alkanes of at least 4 members (excludes halogenated alkanes) is 6. The molecule has 0 aliphatic rings. The van der Waals surface area contributed by atoms with Crippen molar-refractivity contribution in [2.75, 3.05) is 5.43 Å². The summed E-state index contributed by atoms with van der Waals surface area (Å²) in [7, 11) is 0. The van der Waals surface area contributed by atoms with Crippen LogP contribution in [0.1, 0.15) is 65.2 Å². The molecular weight excluding hydrogens is 324 g/mol. The Labute approximate surface area is 147 Å². The Bertz CT molecular complexity index is 617. The zero-order valence-corrected chi connectivity index (χ0v) is 14.9. The SMILES string of the molecule is CCCCCCCCC/C(C)=N/Nc1ccc([N+](=O)[O-])cc1[N+](=O)[O-]. The van der Waals surface area contributed by atoms with E-state index < -0.39 is 9.85 Å². The highest BCUT2D eigenvalue weighted by molar-refractivity contribution is 5.83. The Morgan fingerprint density at radius 3 is 2.28 bits per heavy atom. The average molecular weight is 350 g/mol. The number of nitro benzene ring substituents is 2. The van der Waals surface area contributed by atoms with Gasteiger partial charge in [0.05, 0.1) is 15.9 Å². The second-order valence-electron chi connectivity index (χ2n) is 6.05. The van der Waals surface area contributed by atoms with Crippen LogP contribution in [0.15, 0.2) is 23.3 Å². The van der Waals surface area contributed by atoms with Crippen molar-refractivity contribution >= 4 is 22.8 Å². The summed E-state index contributed by atoms with van der Waals surface area (Å²) >= 11 is 0. The summed E-state index contributed by atoms with van der Waals surface area (Å²) in [5, 5.41) is 25.9. The second kappa shape index (κ2) is 11.1. The largest absolute Gasteiger partial charge is 0.301 e. The van der Waals surface area contributed by atoms with Crippen LogP contribution in [0.3, 0.4) is 0 Å². The average Bonchev–Trinajstić information content (AvgIpc) is 2.58. The first-order valence-electron chi connectivity index (χ1n) is 8.67. The van der Waals surface area contributed by atoms with E-state index in [1.54, 1.807) is 0 Å². The van der Waals surface area contributed by atoms with Crippen LogP contribution in [0.4, 0.5) is 17.1 Å². The van der Waals surface area contributed by atoms with Crippen molar-refractivity contribution in [1.82, 2.24) is 0 Å². The lowest BCUT2D eigenvalue weighted by molar-refractivity contribution is -0.393. The number of hydrogen-bond donors (Lipinski definition) is 1. The minimum Gasteiger partial charge on any atom is -0.272 e. The number of nitro groups is 2. The lowest BCUT2D eigenvalue weighted by Gasteiger charge is -2.05. The summed E-state index contributed by atoms with van der Waals surface area (Å²) in [5.74, 6) is 0. The van der Waals surface area contributed by atoms with E-state index >= 15 is 0 Å². The monoisotopic (exact) mass is 350 g/mol. The lowest BCUT2D eigenvalue weighted by Crippen LogP contribution is -2.01. The van der Waals surface area contributed by atoms with Crippen LogP contribution in [0.5, 0.6) is 0 Å². The minimum absolute atomic E-state index is 0.148. The smallest absolute Gasteiger partial charge is 0.272 e. The number of benzene rings is 1. The van der Waals surface area contributed by atoms with Gasteiger partial charge in [-0.2, -0.15) is 5.10 Å². The van der Waals surface area contributed by atoms with Gasteiger partial charge in [0.25, 0.3) is 5.69 Å². The third-order valence-electron chi connectivity index (χ3n) is 3.90. The minimum atomic E-state index is -0.661. The molecule has 0 aliphatic carbocycles. The third kappa shape index (κ3) is 7.73. The van der Waals surface area contributed by atoms with Crippen molar-refractivity contribution in [2.45, 2.75) is 65.2 Å². The Morgan fingerprint density at radius 1 is 1.04 bits per heavy atom. The molecule has 0 unspecified atom stereocenters. The summed E-state index contributed by atoms with van der Waals surface area (Å²) in [4.78, 5) is 20.5. The van der Waals surface area contributed by atoms with E-state index in [4.69, 9.17) is 0 Å². The molecule has 0 saturated carbocycles. The van der Waals surface area contributed by atoms with E-state index in [0.717, 1.165) is 31.0 Å². The van der Waals surface area contributed by atoms with Crippen molar-refractivity contribution in [3.63, 3.8) is 0 Å². The van der Waals surface area contributed by atoms with Gasteiger partial charge in [-0.25, -0.2) is 0 Å². The van der Waals surface area contributed by atoms with Gasteiger partial charge in [0.15, 0.2) is 0 Å². The first-order chi connectivity index (χ1) is 12.0. The van der Waals surface area contributed by atoms with Gasteiger partial charge >= 0.3 is 5.69 Å². The Morgan fingerprint density at radius 2 is 1.68 bits per heavy atom. The van der Waals surface area contributed by atoms with Crippen LogP contribution in [0, 0.1) is 20.2 Å². The standard InChI is InChI=1S/C17H26N4O4/c1-3-4-5-6-7-8-9-10-14(2)18-19-16-12-11-15(20(22)23)13-17(16)21(24)25/h11-13,19H,3-10H2,1-2H3/b18-14+. The topological polar surface area (TPSA) is 111 Å². The normalized spacial score (nSPS) is 11.4. The van der Waals surface area contributed by atoms with Crippen LogP contribution in [0.25, 0.3) is 0 Å². The predicted molar refractivity (Wildman–Crippen MR) is 99.1 cm³/mol. The maximum atomic E-state index is 11.1. The molecule has 8 nitrogen and oxygen atoms in total. The lowest BCUT2D eigenvalue weighted by atomic mass is 10.1. The van der Waals surface area contributed by atoms with Crippen molar-refractivity contribution in [3.8, 4) is 0 Å². The summed E-state index contributed by atoms with van der Waals surface area (Å²) in [5.41, 5.74) is 2.97. The summed E-state index contributed by atoms with van der Waals surface area (Å²) in [6.45, 7) is 4.06. The molecule has 0 bridgehead atoms. The molecule has 0 radical (unpaired) electrons. The molecule has 0 saturated heterocycles. The second-order valence-corrected chi connectivity index (χ2v) is 6.05. The molecule has 0 fully saturated rings. The molecule has 0 heterocycles. The maximum absolute atomic E-state index is 11.1. The van der Waals surface area contributed by atoms with Crippen LogP contribution in [0.2, 0.25) is 0 Å². The van der Waals surface area contributed by atoms with Gasteiger partial charge < -0.3 is 0 Å². The molecule has 25 heavy (non-hydrogen) atoms. The molecular formula is C17H26N4O4. The first-order valence-corrected chi connectivity index (χ1v) is 8.67. The highest BCUT2D eigenvalue weighted by Crippen LogP contribution is 2.28. The van der Waals surface area contributed by atoms with Crippen molar-refractivity contribution in [1.29, 1.82) is 0 Å². The predicted octanol–water partition coefficient (Wildman–Crippen LogP) is 5.43. The molecule has 138 valence electrons. The quantitative estimate of drug-likeness (QED) is 0.234. The van der Waals surface area contributed by atoms with Crippen LogP contribution >= 0.6 is 0 Å². The van der Waals surface area contributed by atoms with Crippen molar-refractivity contribution < 1.29 is 9.85 Å². The fourth-order valence-corrected chi connectivity index (χ4v) is 2.43. The Kier molecular flexibility index (Phi) is 9.13. The molecule has 0 atom stereocenters. The fraction of sp³-hybridized carbons (Fsp3) is 0.588. The highest BCUT2D eigenvalue weighted by atomic mass is 16.6. The molecule has 1 N–H and O–H groups in total. The zero-order chi connectivity index (χ0) is 18.7. The van der Waals surface area contributed by atoms with Gasteiger partial charge in [-0.1, -0.05) is 45.4 Å². The summed E-state index contributed by atoms with van der Waals surface area (Å²) in [6.07, 6.45) is 9.30. The summed E-state index contributed by atoms with van der Waals surface area (Å²) < 4.78 is 0.